The lowest BCUT2D eigenvalue weighted by Crippen LogP contribution is -2.27. The van der Waals surface area contributed by atoms with Crippen LogP contribution in [-0.4, -0.2) is 25.1 Å². The van der Waals surface area contributed by atoms with E-state index in [1.165, 1.54) is 0 Å². The van der Waals surface area contributed by atoms with E-state index in [9.17, 15) is 5.26 Å². The molecule has 0 radical (unpaired) electrons. The van der Waals surface area contributed by atoms with Crippen molar-refractivity contribution < 1.29 is 4.74 Å². The lowest BCUT2D eigenvalue weighted by molar-refractivity contribution is 0.263. The molecule has 0 amide bonds. The maximum absolute atomic E-state index is 9.58. The quantitative estimate of drug-likeness (QED) is 0.828. The van der Waals surface area contributed by atoms with Gasteiger partial charge in [-0.1, -0.05) is 44.2 Å². The van der Waals surface area contributed by atoms with Gasteiger partial charge >= 0.3 is 0 Å². The summed E-state index contributed by atoms with van der Waals surface area (Å²) in [6, 6.07) is 14.3. The lowest BCUT2D eigenvalue weighted by atomic mass is 9.97. The smallest absolute Gasteiger partial charge is 0.126 e. The van der Waals surface area contributed by atoms with Gasteiger partial charge in [-0.05, 0) is 30.1 Å². The number of rotatable bonds is 5. The third kappa shape index (κ3) is 2.48. The molecule has 1 atom stereocenters. The van der Waals surface area contributed by atoms with Crippen LogP contribution < -0.4 is 4.74 Å². The molecular formula is C17H20N2O. The maximum Gasteiger partial charge on any atom is 0.126 e. The largest absolute Gasteiger partial charge is 0.496 e. The van der Waals surface area contributed by atoms with Crippen molar-refractivity contribution in [3.05, 3.63) is 42.0 Å². The van der Waals surface area contributed by atoms with E-state index in [2.05, 4.69) is 30.9 Å². The fourth-order valence-corrected chi connectivity index (χ4v) is 2.65. The average molecular weight is 268 g/mol. The molecule has 3 heteroatoms. The van der Waals surface area contributed by atoms with Gasteiger partial charge in [-0.25, -0.2) is 0 Å². The SMILES string of the molecule is CCN(CC)C(C#N)c1ccc(OC)c2ccccc12. The summed E-state index contributed by atoms with van der Waals surface area (Å²) < 4.78 is 5.41. The molecule has 0 fully saturated rings. The standard InChI is InChI=1S/C17H20N2O/c1-4-19(5-2)16(12-18)14-10-11-17(20-3)15-9-7-6-8-13(14)15/h6-11,16H,4-5H2,1-3H3. The van der Waals surface area contributed by atoms with Crippen LogP contribution in [0.2, 0.25) is 0 Å². The molecule has 20 heavy (non-hydrogen) atoms. The van der Waals surface area contributed by atoms with E-state index in [0.717, 1.165) is 35.2 Å². The molecule has 0 aliphatic rings. The van der Waals surface area contributed by atoms with Crippen LogP contribution in [-0.2, 0) is 0 Å². The van der Waals surface area contributed by atoms with Gasteiger partial charge in [0.1, 0.15) is 11.8 Å². The van der Waals surface area contributed by atoms with Crippen molar-refractivity contribution in [3.8, 4) is 11.8 Å². The van der Waals surface area contributed by atoms with Gasteiger partial charge < -0.3 is 4.74 Å². The normalized spacial score (nSPS) is 12.3. The first-order valence-corrected chi connectivity index (χ1v) is 6.96. The number of fused-ring (bicyclic) bond motifs is 1. The molecule has 0 saturated heterocycles. The molecule has 0 heterocycles. The molecule has 0 spiro atoms. The van der Waals surface area contributed by atoms with Gasteiger partial charge in [-0.3, -0.25) is 4.90 Å². The van der Waals surface area contributed by atoms with Crippen LogP contribution in [0.4, 0.5) is 0 Å². The Hall–Kier alpha value is -2.05. The first-order chi connectivity index (χ1) is 9.76. The minimum atomic E-state index is -0.221. The van der Waals surface area contributed by atoms with Crippen molar-refractivity contribution in [2.45, 2.75) is 19.9 Å². The Kier molecular flexibility index (Phi) is 4.60. The number of nitrogens with zero attached hydrogens (tertiary/aromatic N) is 2. The molecule has 0 bridgehead atoms. The van der Waals surface area contributed by atoms with E-state index in [-0.39, 0.29) is 6.04 Å². The van der Waals surface area contributed by atoms with Crippen molar-refractivity contribution in [2.75, 3.05) is 20.2 Å². The molecule has 2 aromatic carbocycles. The van der Waals surface area contributed by atoms with E-state index >= 15 is 0 Å². The van der Waals surface area contributed by atoms with E-state index < -0.39 is 0 Å². The van der Waals surface area contributed by atoms with Gasteiger partial charge in [-0.15, -0.1) is 0 Å². The summed E-state index contributed by atoms with van der Waals surface area (Å²) >= 11 is 0. The molecule has 1 unspecified atom stereocenters. The van der Waals surface area contributed by atoms with E-state index in [1.54, 1.807) is 7.11 Å². The Labute approximate surface area is 120 Å². The molecule has 2 rings (SSSR count). The second kappa shape index (κ2) is 6.40. The van der Waals surface area contributed by atoms with Gasteiger partial charge in [0.2, 0.25) is 0 Å². The van der Waals surface area contributed by atoms with Crippen LogP contribution in [0.5, 0.6) is 5.75 Å². The highest BCUT2D eigenvalue weighted by Gasteiger charge is 2.20. The Morgan fingerprint density at radius 1 is 1.10 bits per heavy atom. The molecule has 104 valence electrons. The highest BCUT2D eigenvalue weighted by Crippen LogP contribution is 2.33. The van der Waals surface area contributed by atoms with Gasteiger partial charge in [-0.2, -0.15) is 5.26 Å². The number of hydrogen-bond donors (Lipinski definition) is 0. The van der Waals surface area contributed by atoms with Crippen LogP contribution >= 0.6 is 0 Å². The summed E-state index contributed by atoms with van der Waals surface area (Å²) in [7, 11) is 1.67. The van der Waals surface area contributed by atoms with Crippen LogP contribution in [0.25, 0.3) is 10.8 Å². The van der Waals surface area contributed by atoms with E-state index in [0.29, 0.717) is 0 Å². The number of benzene rings is 2. The highest BCUT2D eigenvalue weighted by atomic mass is 16.5. The van der Waals surface area contributed by atoms with Crippen LogP contribution in [0.1, 0.15) is 25.5 Å². The number of ether oxygens (including phenoxy) is 1. The Balaban J connectivity index is 2.63. The Bertz CT molecular complexity index is 626. The second-order valence-electron chi connectivity index (χ2n) is 4.66. The Morgan fingerprint density at radius 3 is 2.30 bits per heavy atom. The zero-order chi connectivity index (χ0) is 14.5. The van der Waals surface area contributed by atoms with Crippen molar-refractivity contribution in [1.29, 1.82) is 5.26 Å². The molecular weight excluding hydrogens is 248 g/mol. The number of hydrogen-bond acceptors (Lipinski definition) is 3. The van der Waals surface area contributed by atoms with Gasteiger partial charge in [0.25, 0.3) is 0 Å². The summed E-state index contributed by atoms with van der Waals surface area (Å²) in [4.78, 5) is 2.16. The van der Waals surface area contributed by atoms with Crippen molar-refractivity contribution >= 4 is 10.8 Å². The topological polar surface area (TPSA) is 36.3 Å². The van der Waals surface area contributed by atoms with Gasteiger partial charge in [0.15, 0.2) is 0 Å². The summed E-state index contributed by atoms with van der Waals surface area (Å²) in [6.45, 7) is 5.88. The maximum atomic E-state index is 9.58. The van der Waals surface area contributed by atoms with Gasteiger partial charge in [0, 0.05) is 5.39 Å². The van der Waals surface area contributed by atoms with Crippen molar-refractivity contribution in [1.82, 2.24) is 4.90 Å². The minimum Gasteiger partial charge on any atom is -0.496 e. The second-order valence-corrected chi connectivity index (χ2v) is 4.66. The first kappa shape index (κ1) is 14.4. The predicted octanol–water partition coefficient (Wildman–Crippen LogP) is 3.75. The fourth-order valence-electron chi connectivity index (χ4n) is 2.65. The average Bonchev–Trinajstić information content (AvgIpc) is 2.51. The van der Waals surface area contributed by atoms with Crippen LogP contribution in [0, 0.1) is 11.3 Å². The highest BCUT2D eigenvalue weighted by molar-refractivity contribution is 5.91. The minimum absolute atomic E-state index is 0.221. The fraction of sp³-hybridized carbons (Fsp3) is 0.353. The molecule has 0 saturated carbocycles. The third-order valence-corrected chi connectivity index (χ3v) is 3.73. The monoisotopic (exact) mass is 268 g/mol. The zero-order valence-corrected chi connectivity index (χ0v) is 12.3. The van der Waals surface area contributed by atoms with Gasteiger partial charge in [0.05, 0.1) is 13.2 Å². The first-order valence-electron chi connectivity index (χ1n) is 6.96. The summed E-state index contributed by atoms with van der Waals surface area (Å²) in [5.74, 6) is 0.848. The molecule has 0 N–H and O–H groups in total. The van der Waals surface area contributed by atoms with E-state index in [4.69, 9.17) is 4.74 Å². The van der Waals surface area contributed by atoms with Crippen LogP contribution in [0.3, 0.4) is 0 Å². The van der Waals surface area contributed by atoms with Crippen molar-refractivity contribution in [2.24, 2.45) is 0 Å². The predicted molar refractivity (Wildman–Crippen MR) is 81.8 cm³/mol. The van der Waals surface area contributed by atoms with Crippen LogP contribution in [0.15, 0.2) is 36.4 Å². The van der Waals surface area contributed by atoms with Crippen molar-refractivity contribution in [3.63, 3.8) is 0 Å². The lowest BCUT2D eigenvalue weighted by Gasteiger charge is -2.25. The molecule has 0 aromatic heterocycles. The molecule has 2 aromatic rings. The zero-order valence-electron chi connectivity index (χ0n) is 12.3. The third-order valence-electron chi connectivity index (χ3n) is 3.73. The Morgan fingerprint density at radius 2 is 1.75 bits per heavy atom. The number of nitriles is 1. The summed E-state index contributed by atoms with van der Waals surface area (Å²) in [5.41, 5.74) is 1.05. The summed E-state index contributed by atoms with van der Waals surface area (Å²) in [5, 5.41) is 11.7. The van der Waals surface area contributed by atoms with E-state index in [1.807, 2.05) is 30.3 Å². The molecule has 0 aliphatic carbocycles. The molecule has 3 nitrogen and oxygen atoms in total. The summed E-state index contributed by atoms with van der Waals surface area (Å²) in [6.07, 6.45) is 0. The molecule has 0 aliphatic heterocycles. The number of methoxy groups -OCH3 is 1.